The number of pyridine rings is 2. The molecule has 0 aromatic carbocycles. The largest absolute Gasteiger partial charge is 0.495 e. The molecule has 0 saturated heterocycles. The molecule has 7 nitrogen and oxygen atoms in total. The molecule has 0 unspecified atom stereocenters. The summed E-state index contributed by atoms with van der Waals surface area (Å²) in [7, 11) is 1.43. The van der Waals surface area contributed by atoms with Gasteiger partial charge in [-0.05, 0) is 19.1 Å². The first-order valence-electron chi connectivity index (χ1n) is 7.43. The number of ketones is 1. The van der Waals surface area contributed by atoms with E-state index in [1.165, 1.54) is 30.1 Å². The maximum Gasteiger partial charge on any atom is 0.377 e. The summed E-state index contributed by atoms with van der Waals surface area (Å²) in [5.41, 5.74) is 0.725. The van der Waals surface area contributed by atoms with Crippen LogP contribution in [0.4, 0.5) is 4.39 Å². The zero-order chi connectivity index (χ0) is 19.0. The number of aromatic nitrogens is 3. The van der Waals surface area contributed by atoms with E-state index in [1.807, 2.05) is 0 Å². The molecule has 0 bridgehead atoms. The number of carbonyl (C=O) groups is 2. The number of carbonyl (C=O) groups excluding carboxylic acids is 1. The number of methoxy groups -OCH3 is 1. The number of halogens is 2. The number of rotatable bonds is 5. The van der Waals surface area contributed by atoms with E-state index in [9.17, 15) is 14.0 Å². The molecule has 0 fully saturated rings. The minimum Gasteiger partial charge on any atom is -0.495 e. The second-order valence-corrected chi connectivity index (χ2v) is 5.95. The molecule has 0 aliphatic rings. The molecule has 0 amide bonds. The van der Waals surface area contributed by atoms with E-state index in [0.29, 0.717) is 22.5 Å². The van der Waals surface area contributed by atoms with Crippen LogP contribution < -0.4 is 4.74 Å². The van der Waals surface area contributed by atoms with Crippen molar-refractivity contribution >= 4 is 34.4 Å². The third-order valence-electron chi connectivity index (χ3n) is 3.98. The van der Waals surface area contributed by atoms with E-state index in [1.54, 1.807) is 6.92 Å². The number of ether oxygens (including phenoxy) is 1. The molecular weight excluding hydrogens is 365 g/mol. The van der Waals surface area contributed by atoms with Crippen LogP contribution in [-0.4, -0.2) is 38.5 Å². The first-order chi connectivity index (χ1) is 12.3. The monoisotopic (exact) mass is 377 g/mol. The SMILES string of the molecule is COc1cnc2c(c1)c(C(=O)C(=O)O)c(C)n2Cc1ncc(Cl)cc1F. The smallest absolute Gasteiger partial charge is 0.377 e. The van der Waals surface area contributed by atoms with Crippen molar-refractivity contribution in [2.75, 3.05) is 7.11 Å². The highest BCUT2D eigenvalue weighted by Gasteiger charge is 2.26. The summed E-state index contributed by atoms with van der Waals surface area (Å²) in [5, 5.41) is 9.59. The Labute approximate surface area is 152 Å². The molecule has 0 atom stereocenters. The molecule has 134 valence electrons. The second-order valence-electron chi connectivity index (χ2n) is 5.51. The maximum atomic E-state index is 14.1. The lowest BCUT2D eigenvalue weighted by Crippen LogP contribution is -2.14. The van der Waals surface area contributed by atoms with Crippen LogP contribution in [-0.2, 0) is 11.3 Å². The number of nitrogens with zero attached hydrogens (tertiary/aromatic N) is 3. The van der Waals surface area contributed by atoms with Gasteiger partial charge >= 0.3 is 5.97 Å². The highest BCUT2D eigenvalue weighted by Crippen LogP contribution is 2.29. The third-order valence-corrected chi connectivity index (χ3v) is 4.19. The molecule has 0 spiro atoms. The van der Waals surface area contributed by atoms with Crippen LogP contribution >= 0.6 is 11.6 Å². The Balaban J connectivity index is 2.23. The first-order valence-corrected chi connectivity index (χ1v) is 7.81. The summed E-state index contributed by atoms with van der Waals surface area (Å²) in [6.07, 6.45) is 2.74. The Hall–Kier alpha value is -3.00. The first kappa shape index (κ1) is 17.8. The minimum absolute atomic E-state index is 0.0201. The average Bonchev–Trinajstić information content (AvgIpc) is 2.87. The molecule has 3 aromatic rings. The molecule has 0 aliphatic carbocycles. The van der Waals surface area contributed by atoms with Gasteiger partial charge in [-0.1, -0.05) is 11.6 Å². The molecule has 26 heavy (non-hydrogen) atoms. The Morgan fingerprint density at radius 2 is 2.04 bits per heavy atom. The van der Waals surface area contributed by atoms with Crippen LogP contribution in [0.15, 0.2) is 24.5 Å². The fraction of sp³-hybridized carbons (Fsp3) is 0.176. The van der Waals surface area contributed by atoms with Gasteiger partial charge in [0.05, 0.1) is 36.1 Å². The molecule has 0 radical (unpaired) electrons. The van der Waals surface area contributed by atoms with E-state index < -0.39 is 17.6 Å². The molecule has 0 saturated carbocycles. The van der Waals surface area contributed by atoms with Crippen LogP contribution in [0.2, 0.25) is 5.02 Å². The van der Waals surface area contributed by atoms with Gasteiger partial charge in [0.1, 0.15) is 17.2 Å². The molecule has 3 rings (SSSR count). The van der Waals surface area contributed by atoms with E-state index in [2.05, 4.69) is 9.97 Å². The maximum absolute atomic E-state index is 14.1. The predicted octanol–water partition coefficient (Wildman–Crippen LogP) is 2.86. The Morgan fingerprint density at radius 1 is 1.31 bits per heavy atom. The van der Waals surface area contributed by atoms with Crippen LogP contribution in [0.5, 0.6) is 5.75 Å². The van der Waals surface area contributed by atoms with E-state index >= 15 is 0 Å². The summed E-state index contributed by atoms with van der Waals surface area (Å²) in [4.78, 5) is 31.6. The van der Waals surface area contributed by atoms with Crippen LogP contribution in [0.1, 0.15) is 21.7 Å². The van der Waals surface area contributed by atoms with Gasteiger partial charge in [0.2, 0.25) is 0 Å². The molecule has 3 heterocycles. The third kappa shape index (κ3) is 2.99. The van der Waals surface area contributed by atoms with E-state index in [-0.39, 0.29) is 22.8 Å². The van der Waals surface area contributed by atoms with Crippen molar-refractivity contribution in [1.29, 1.82) is 0 Å². The van der Waals surface area contributed by atoms with Crippen molar-refractivity contribution in [2.45, 2.75) is 13.5 Å². The van der Waals surface area contributed by atoms with Gasteiger partial charge in [0.15, 0.2) is 0 Å². The van der Waals surface area contributed by atoms with Crippen LogP contribution in [0.25, 0.3) is 11.0 Å². The normalized spacial score (nSPS) is 10.9. The second kappa shape index (κ2) is 6.72. The standard InChI is InChI=1S/C17H13ClFN3O4/c1-8-14(15(23)17(24)25)11-4-10(26-2)6-21-16(11)22(8)7-13-12(19)3-9(18)5-20-13/h3-6H,7H2,1-2H3,(H,24,25). The van der Waals surface area contributed by atoms with Gasteiger partial charge in [-0.3, -0.25) is 9.78 Å². The topological polar surface area (TPSA) is 94.3 Å². The minimum atomic E-state index is -1.59. The van der Waals surface area contributed by atoms with Crippen molar-refractivity contribution in [1.82, 2.24) is 14.5 Å². The van der Waals surface area contributed by atoms with Gasteiger partial charge in [0.25, 0.3) is 5.78 Å². The fourth-order valence-corrected chi connectivity index (χ4v) is 2.88. The summed E-state index contributed by atoms with van der Waals surface area (Å²) in [5.74, 6) is -2.92. The number of fused-ring (bicyclic) bond motifs is 1. The number of carboxylic acids is 1. The molecule has 9 heteroatoms. The summed E-state index contributed by atoms with van der Waals surface area (Å²) < 4.78 is 20.8. The van der Waals surface area contributed by atoms with E-state index in [4.69, 9.17) is 21.4 Å². The number of carboxylic acid groups (broad SMARTS) is 1. The fourth-order valence-electron chi connectivity index (χ4n) is 2.73. The Bertz CT molecular complexity index is 1050. The molecule has 1 N–H and O–H groups in total. The van der Waals surface area contributed by atoms with Gasteiger partial charge in [0, 0.05) is 17.3 Å². The highest BCUT2D eigenvalue weighted by atomic mass is 35.5. The lowest BCUT2D eigenvalue weighted by molar-refractivity contribution is -0.131. The highest BCUT2D eigenvalue weighted by molar-refractivity contribution is 6.42. The zero-order valence-corrected chi connectivity index (χ0v) is 14.5. The summed E-state index contributed by atoms with van der Waals surface area (Å²) in [6.45, 7) is 1.52. The zero-order valence-electron chi connectivity index (χ0n) is 13.8. The summed E-state index contributed by atoms with van der Waals surface area (Å²) in [6, 6.07) is 2.65. The van der Waals surface area contributed by atoms with Gasteiger partial charge < -0.3 is 14.4 Å². The number of aliphatic carboxylic acids is 1. The lowest BCUT2D eigenvalue weighted by Gasteiger charge is -2.08. The number of Topliss-reactive ketones (excluding diaryl/α,β-unsaturated/α-hetero) is 1. The Morgan fingerprint density at radius 3 is 2.65 bits per heavy atom. The van der Waals surface area contributed by atoms with Gasteiger partial charge in [-0.25, -0.2) is 14.2 Å². The van der Waals surface area contributed by atoms with Crippen molar-refractivity contribution in [3.05, 3.63) is 52.3 Å². The van der Waals surface area contributed by atoms with Crippen molar-refractivity contribution in [3.63, 3.8) is 0 Å². The average molecular weight is 378 g/mol. The summed E-state index contributed by atoms with van der Waals surface area (Å²) >= 11 is 5.71. The van der Waals surface area contributed by atoms with Crippen LogP contribution in [0, 0.1) is 12.7 Å². The quantitative estimate of drug-likeness (QED) is 0.542. The Kier molecular flexibility index (Phi) is 4.60. The van der Waals surface area contributed by atoms with Crippen molar-refractivity contribution in [2.24, 2.45) is 0 Å². The van der Waals surface area contributed by atoms with E-state index in [0.717, 1.165) is 6.07 Å². The lowest BCUT2D eigenvalue weighted by atomic mass is 10.1. The van der Waals surface area contributed by atoms with Crippen molar-refractivity contribution < 1.29 is 23.8 Å². The van der Waals surface area contributed by atoms with Crippen molar-refractivity contribution in [3.8, 4) is 5.75 Å². The number of hydrogen-bond acceptors (Lipinski definition) is 5. The molecule has 0 aliphatic heterocycles. The molecular formula is C17H13ClFN3O4. The van der Waals surface area contributed by atoms with Crippen LogP contribution in [0.3, 0.4) is 0 Å². The number of hydrogen-bond donors (Lipinski definition) is 1. The van der Waals surface area contributed by atoms with Gasteiger partial charge in [-0.15, -0.1) is 0 Å². The van der Waals surface area contributed by atoms with Gasteiger partial charge in [-0.2, -0.15) is 0 Å². The predicted molar refractivity (Wildman–Crippen MR) is 91.3 cm³/mol. The molecule has 3 aromatic heterocycles.